The molecule has 4 rings (SSSR count). The van der Waals surface area contributed by atoms with Crippen LogP contribution < -0.4 is 24.4 Å². The van der Waals surface area contributed by atoms with Gasteiger partial charge in [0.15, 0.2) is 11.5 Å². The van der Waals surface area contributed by atoms with Gasteiger partial charge in [-0.05, 0) is 44.7 Å². The molecule has 3 aliphatic rings. The first kappa shape index (κ1) is 25.1. The Morgan fingerprint density at radius 1 is 1.03 bits per heavy atom. The Balaban J connectivity index is 1.42. The van der Waals surface area contributed by atoms with Gasteiger partial charge in [-0.1, -0.05) is 6.42 Å². The Morgan fingerprint density at radius 2 is 1.71 bits per heavy atom. The summed E-state index contributed by atoms with van der Waals surface area (Å²) in [5.74, 6) is 0.823. The van der Waals surface area contributed by atoms with Gasteiger partial charge in [0.2, 0.25) is 11.7 Å². The third kappa shape index (κ3) is 5.03. The van der Waals surface area contributed by atoms with E-state index >= 15 is 0 Å². The number of amides is 4. The van der Waals surface area contributed by atoms with Gasteiger partial charge in [-0.15, -0.1) is 0 Å². The quantitative estimate of drug-likeness (QED) is 0.560. The summed E-state index contributed by atoms with van der Waals surface area (Å²) in [5.41, 5.74) is 0.282. The van der Waals surface area contributed by atoms with E-state index in [1.807, 2.05) is 0 Å². The van der Waals surface area contributed by atoms with Gasteiger partial charge < -0.3 is 29.3 Å². The number of carbonyl (C=O) groups excluding carboxylic acids is 3. The number of rotatable bonds is 8. The monoisotopic (exact) mass is 488 g/mol. The minimum Gasteiger partial charge on any atom is -0.493 e. The molecule has 1 aromatic carbocycles. The van der Waals surface area contributed by atoms with Crippen molar-refractivity contribution in [2.45, 2.75) is 50.6 Å². The smallest absolute Gasteiger partial charge is 0.329 e. The van der Waals surface area contributed by atoms with Gasteiger partial charge in [0.1, 0.15) is 6.04 Å². The lowest BCUT2D eigenvalue weighted by Crippen LogP contribution is -2.51. The minimum absolute atomic E-state index is 0.0803. The van der Waals surface area contributed by atoms with E-state index in [2.05, 4.69) is 10.2 Å². The van der Waals surface area contributed by atoms with Gasteiger partial charge in [-0.2, -0.15) is 0 Å². The van der Waals surface area contributed by atoms with Gasteiger partial charge in [-0.25, -0.2) is 9.69 Å². The average molecular weight is 489 g/mol. The number of carbonyl (C=O) groups is 3. The van der Waals surface area contributed by atoms with E-state index in [4.69, 9.17) is 14.2 Å². The zero-order valence-corrected chi connectivity index (χ0v) is 21.0. The number of piperidine rings is 2. The van der Waals surface area contributed by atoms with Crippen LogP contribution in [-0.4, -0.2) is 87.7 Å². The molecule has 0 spiro atoms. The Hall–Kier alpha value is -3.01. The Labute approximate surface area is 206 Å². The van der Waals surface area contributed by atoms with E-state index in [-0.39, 0.29) is 18.0 Å². The molecule has 3 fully saturated rings. The Morgan fingerprint density at radius 3 is 2.37 bits per heavy atom. The van der Waals surface area contributed by atoms with Crippen LogP contribution in [0.15, 0.2) is 12.1 Å². The van der Waals surface area contributed by atoms with Crippen molar-refractivity contribution >= 4 is 23.5 Å². The van der Waals surface area contributed by atoms with Crippen LogP contribution in [0, 0.1) is 5.92 Å². The van der Waals surface area contributed by atoms with Crippen molar-refractivity contribution in [3.05, 3.63) is 12.1 Å². The summed E-state index contributed by atoms with van der Waals surface area (Å²) in [5, 5.41) is 2.66. The number of benzene rings is 1. The summed E-state index contributed by atoms with van der Waals surface area (Å²) < 4.78 is 16.0. The normalized spacial score (nSPS) is 24.6. The van der Waals surface area contributed by atoms with Crippen molar-refractivity contribution in [2.75, 3.05) is 52.9 Å². The van der Waals surface area contributed by atoms with Gasteiger partial charge >= 0.3 is 6.03 Å². The lowest BCUT2D eigenvalue weighted by atomic mass is 9.83. The topological polar surface area (TPSA) is 101 Å². The number of imide groups is 1. The highest BCUT2D eigenvalue weighted by Crippen LogP contribution is 2.41. The highest BCUT2D eigenvalue weighted by Gasteiger charge is 2.42. The number of methoxy groups -OCH3 is 3. The molecular formula is C25H36N4O6. The van der Waals surface area contributed by atoms with E-state index in [9.17, 15) is 14.4 Å². The SMILES string of the molecule is COc1cc(N2C(=O)N[C@H](CC(=O)N(C)C[C@@H]3CCCN4CCCC[C@@H]34)C2=O)cc(OC)c1OC. The van der Waals surface area contributed by atoms with Gasteiger partial charge in [0.05, 0.1) is 33.4 Å². The maximum Gasteiger partial charge on any atom is 0.329 e. The van der Waals surface area contributed by atoms with E-state index in [1.54, 1.807) is 11.9 Å². The molecule has 0 bridgehead atoms. The fourth-order valence-electron chi connectivity index (χ4n) is 5.68. The van der Waals surface area contributed by atoms with E-state index in [1.165, 1.54) is 52.7 Å². The molecule has 10 heteroatoms. The largest absolute Gasteiger partial charge is 0.493 e. The molecule has 0 aromatic heterocycles. The number of urea groups is 1. The highest BCUT2D eigenvalue weighted by atomic mass is 16.5. The zero-order valence-electron chi connectivity index (χ0n) is 21.0. The molecule has 3 aliphatic heterocycles. The summed E-state index contributed by atoms with van der Waals surface area (Å²) in [4.78, 5) is 44.2. The maximum absolute atomic E-state index is 13.2. The molecule has 10 nitrogen and oxygen atoms in total. The summed E-state index contributed by atoms with van der Waals surface area (Å²) in [6, 6.07) is 2.10. The van der Waals surface area contributed by atoms with Crippen LogP contribution in [0.1, 0.15) is 38.5 Å². The number of hydrogen-bond donors (Lipinski definition) is 1. The molecule has 1 aromatic rings. The molecular weight excluding hydrogens is 452 g/mol. The second-order valence-electron chi connectivity index (χ2n) is 9.54. The van der Waals surface area contributed by atoms with E-state index in [0.29, 0.717) is 35.8 Å². The third-order valence-electron chi connectivity index (χ3n) is 7.47. The van der Waals surface area contributed by atoms with Crippen molar-refractivity contribution in [1.29, 1.82) is 0 Å². The molecule has 0 unspecified atom stereocenters. The Kier molecular flexibility index (Phi) is 7.69. The van der Waals surface area contributed by atoms with Crippen LogP contribution in [-0.2, 0) is 9.59 Å². The fraction of sp³-hybridized carbons (Fsp3) is 0.640. The van der Waals surface area contributed by atoms with Crippen LogP contribution in [0.4, 0.5) is 10.5 Å². The van der Waals surface area contributed by atoms with Gasteiger partial charge in [0, 0.05) is 31.8 Å². The molecule has 192 valence electrons. The first-order chi connectivity index (χ1) is 16.9. The third-order valence-corrected chi connectivity index (χ3v) is 7.47. The zero-order chi connectivity index (χ0) is 25.1. The summed E-state index contributed by atoms with van der Waals surface area (Å²) in [6.07, 6.45) is 5.88. The minimum atomic E-state index is -0.922. The highest BCUT2D eigenvalue weighted by molar-refractivity contribution is 6.22. The lowest BCUT2D eigenvalue weighted by molar-refractivity contribution is -0.133. The summed E-state index contributed by atoms with van der Waals surface area (Å²) >= 11 is 0. The fourth-order valence-corrected chi connectivity index (χ4v) is 5.68. The summed E-state index contributed by atoms with van der Waals surface area (Å²) in [6.45, 7) is 2.97. The second-order valence-corrected chi connectivity index (χ2v) is 9.54. The molecule has 1 N–H and O–H groups in total. The average Bonchev–Trinajstić information content (AvgIpc) is 3.15. The number of anilines is 1. The van der Waals surface area contributed by atoms with E-state index in [0.717, 1.165) is 30.8 Å². The van der Waals surface area contributed by atoms with Crippen molar-refractivity contribution in [1.82, 2.24) is 15.1 Å². The van der Waals surface area contributed by atoms with Crippen molar-refractivity contribution in [2.24, 2.45) is 5.92 Å². The number of ether oxygens (including phenoxy) is 3. The molecule has 3 saturated heterocycles. The van der Waals surface area contributed by atoms with Gasteiger partial charge in [0.25, 0.3) is 5.91 Å². The first-order valence-electron chi connectivity index (χ1n) is 12.3. The van der Waals surface area contributed by atoms with Crippen LogP contribution >= 0.6 is 0 Å². The van der Waals surface area contributed by atoms with E-state index < -0.39 is 18.0 Å². The number of nitrogens with one attached hydrogen (secondary N) is 1. The molecule has 4 amide bonds. The lowest BCUT2D eigenvalue weighted by Gasteiger charge is -2.45. The summed E-state index contributed by atoms with van der Waals surface area (Å²) in [7, 11) is 6.19. The number of fused-ring (bicyclic) bond motifs is 1. The standard InChI is InChI=1S/C25H36N4O6/c1-27(15-16-8-7-11-28-10-6-5-9-19(16)28)22(30)14-18-24(31)29(25(32)26-18)17-12-20(33-2)23(35-4)21(13-17)34-3/h12-13,16,18-19H,5-11,14-15H2,1-4H3,(H,26,32)/t16-,18+,19-/m0/s1. The maximum atomic E-state index is 13.2. The predicted molar refractivity (Wildman–Crippen MR) is 130 cm³/mol. The number of hydrogen-bond acceptors (Lipinski definition) is 7. The van der Waals surface area contributed by atoms with Crippen molar-refractivity contribution in [3.8, 4) is 17.2 Å². The van der Waals surface area contributed by atoms with Crippen LogP contribution in [0.2, 0.25) is 0 Å². The molecule has 0 radical (unpaired) electrons. The first-order valence-corrected chi connectivity index (χ1v) is 12.3. The van der Waals surface area contributed by atoms with Crippen molar-refractivity contribution in [3.63, 3.8) is 0 Å². The van der Waals surface area contributed by atoms with Crippen molar-refractivity contribution < 1.29 is 28.6 Å². The van der Waals surface area contributed by atoms with Crippen LogP contribution in [0.3, 0.4) is 0 Å². The second kappa shape index (κ2) is 10.7. The molecule has 0 aliphatic carbocycles. The van der Waals surface area contributed by atoms with Crippen LogP contribution in [0.25, 0.3) is 0 Å². The molecule has 3 heterocycles. The molecule has 3 atom stereocenters. The molecule has 0 saturated carbocycles. The predicted octanol–water partition coefficient (Wildman–Crippen LogP) is 2.25. The van der Waals surface area contributed by atoms with Crippen LogP contribution in [0.5, 0.6) is 17.2 Å². The van der Waals surface area contributed by atoms with Gasteiger partial charge in [-0.3, -0.25) is 9.59 Å². The number of nitrogens with zero attached hydrogens (tertiary/aromatic N) is 3. The Bertz CT molecular complexity index is 942. The molecule has 35 heavy (non-hydrogen) atoms.